The summed E-state index contributed by atoms with van der Waals surface area (Å²) in [7, 11) is 0. The van der Waals surface area contributed by atoms with E-state index in [-0.39, 0.29) is 0 Å². The van der Waals surface area contributed by atoms with Crippen LogP contribution in [0.2, 0.25) is 5.02 Å². The lowest BCUT2D eigenvalue weighted by atomic mass is 10.1. The van der Waals surface area contributed by atoms with Crippen LogP contribution >= 0.6 is 11.6 Å². The van der Waals surface area contributed by atoms with Crippen molar-refractivity contribution in [1.29, 1.82) is 5.26 Å². The summed E-state index contributed by atoms with van der Waals surface area (Å²) in [6.07, 6.45) is 0. The molecule has 102 valence electrons. The molecule has 0 atom stereocenters. The van der Waals surface area contributed by atoms with E-state index in [4.69, 9.17) is 21.4 Å². The Morgan fingerprint density at radius 2 is 1.95 bits per heavy atom. The smallest absolute Gasteiger partial charge is 0.258 e. The minimum absolute atomic E-state index is 0.409. The van der Waals surface area contributed by atoms with Crippen LogP contribution in [0.15, 0.2) is 47.0 Å². The molecular formula is C16H10ClN3O. The molecule has 0 aliphatic carbocycles. The van der Waals surface area contributed by atoms with Crippen molar-refractivity contribution in [3.8, 4) is 28.9 Å². The molecule has 0 saturated heterocycles. The number of nitrogens with zero attached hydrogens (tertiary/aromatic N) is 3. The van der Waals surface area contributed by atoms with Gasteiger partial charge in [0.05, 0.1) is 16.7 Å². The van der Waals surface area contributed by atoms with Crippen LogP contribution in [0.5, 0.6) is 0 Å². The van der Waals surface area contributed by atoms with Gasteiger partial charge in [-0.25, -0.2) is 0 Å². The quantitative estimate of drug-likeness (QED) is 0.709. The first kappa shape index (κ1) is 13.3. The fourth-order valence-electron chi connectivity index (χ4n) is 2.06. The molecule has 3 aromatic rings. The van der Waals surface area contributed by atoms with Crippen molar-refractivity contribution in [3.63, 3.8) is 0 Å². The molecule has 0 bridgehead atoms. The summed E-state index contributed by atoms with van der Waals surface area (Å²) in [4.78, 5) is 4.38. The molecule has 0 aliphatic rings. The first-order valence-electron chi connectivity index (χ1n) is 6.29. The standard InChI is InChI=1S/C16H10ClN3O/c1-10-8-11(9-18)6-7-12(10)16-19-15(20-21-16)13-4-2-3-5-14(13)17/h2-8H,1H3. The molecule has 5 heteroatoms. The number of rotatable bonds is 2. The van der Waals surface area contributed by atoms with E-state index in [2.05, 4.69) is 16.2 Å². The van der Waals surface area contributed by atoms with Crippen molar-refractivity contribution < 1.29 is 4.52 Å². The topological polar surface area (TPSA) is 62.7 Å². The lowest BCUT2D eigenvalue weighted by molar-refractivity contribution is 0.432. The summed E-state index contributed by atoms with van der Waals surface area (Å²) < 4.78 is 5.31. The van der Waals surface area contributed by atoms with Crippen molar-refractivity contribution in [2.45, 2.75) is 6.92 Å². The number of nitriles is 1. The number of aromatic nitrogens is 2. The van der Waals surface area contributed by atoms with Gasteiger partial charge in [0, 0.05) is 11.1 Å². The van der Waals surface area contributed by atoms with Gasteiger partial charge < -0.3 is 4.52 Å². The van der Waals surface area contributed by atoms with Gasteiger partial charge in [0.2, 0.25) is 5.82 Å². The number of halogens is 1. The number of hydrogen-bond acceptors (Lipinski definition) is 4. The summed E-state index contributed by atoms with van der Waals surface area (Å²) in [5.41, 5.74) is 3.03. The van der Waals surface area contributed by atoms with E-state index in [1.54, 1.807) is 24.3 Å². The number of hydrogen-bond donors (Lipinski definition) is 0. The lowest BCUT2D eigenvalue weighted by Crippen LogP contribution is -1.86. The van der Waals surface area contributed by atoms with Gasteiger partial charge in [-0.2, -0.15) is 10.2 Å². The Bertz CT molecular complexity index is 849. The second-order valence-electron chi connectivity index (χ2n) is 4.54. The Kier molecular flexibility index (Phi) is 3.43. The van der Waals surface area contributed by atoms with E-state index < -0.39 is 0 Å². The fraction of sp³-hybridized carbons (Fsp3) is 0.0625. The number of benzene rings is 2. The molecule has 4 nitrogen and oxygen atoms in total. The maximum Gasteiger partial charge on any atom is 0.258 e. The van der Waals surface area contributed by atoms with Crippen LogP contribution in [0, 0.1) is 18.3 Å². The molecular weight excluding hydrogens is 286 g/mol. The highest BCUT2D eigenvalue weighted by atomic mass is 35.5. The molecule has 2 aromatic carbocycles. The zero-order chi connectivity index (χ0) is 14.8. The second-order valence-corrected chi connectivity index (χ2v) is 4.95. The van der Waals surface area contributed by atoms with E-state index in [1.165, 1.54) is 0 Å². The molecule has 0 saturated carbocycles. The predicted molar refractivity (Wildman–Crippen MR) is 79.6 cm³/mol. The predicted octanol–water partition coefficient (Wildman–Crippen LogP) is 4.24. The molecule has 0 spiro atoms. The molecule has 0 aliphatic heterocycles. The van der Waals surface area contributed by atoms with Crippen molar-refractivity contribution in [2.75, 3.05) is 0 Å². The highest BCUT2D eigenvalue weighted by Gasteiger charge is 2.14. The van der Waals surface area contributed by atoms with Crippen LogP contribution < -0.4 is 0 Å². The van der Waals surface area contributed by atoms with E-state index in [1.807, 2.05) is 25.1 Å². The normalized spacial score (nSPS) is 10.3. The van der Waals surface area contributed by atoms with Crippen LogP contribution in [0.25, 0.3) is 22.8 Å². The summed E-state index contributed by atoms with van der Waals surface area (Å²) in [5, 5.41) is 13.4. The Balaban J connectivity index is 2.03. The molecule has 0 radical (unpaired) electrons. The van der Waals surface area contributed by atoms with E-state index in [0.29, 0.717) is 22.3 Å². The van der Waals surface area contributed by atoms with Gasteiger partial charge in [0.25, 0.3) is 5.89 Å². The average molecular weight is 296 g/mol. The van der Waals surface area contributed by atoms with Crippen LogP contribution in [0.1, 0.15) is 11.1 Å². The van der Waals surface area contributed by atoms with Gasteiger partial charge in [0.1, 0.15) is 0 Å². The minimum Gasteiger partial charge on any atom is -0.334 e. The summed E-state index contributed by atoms with van der Waals surface area (Å²) in [5.74, 6) is 0.853. The van der Waals surface area contributed by atoms with Crippen molar-refractivity contribution >= 4 is 11.6 Å². The van der Waals surface area contributed by atoms with E-state index in [0.717, 1.165) is 16.7 Å². The third-order valence-corrected chi connectivity index (χ3v) is 3.46. The van der Waals surface area contributed by atoms with Crippen LogP contribution in [0.4, 0.5) is 0 Å². The largest absolute Gasteiger partial charge is 0.334 e. The molecule has 1 heterocycles. The van der Waals surface area contributed by atoms with Crippen LogP contribution in [-0.2, 0) is 0 Å². The average Bonchev–Trinajstić information content (AvgIpc) is 2.97. The first-order valence-corrected chi connectivity index (χ1v) is 6.66. The molecule has 1 aromatic heterocycles. The lowest BCUT2D eigenvalue weighted by Gasteiger charge is -2.00. The summed E-state index contributed by atoms with van der Waals surface area (Å²) >= 11 is 6.13. The molecule has 3 rings (SSSR count). The zero-order valence-electron chi connectivity index (χ0n) is 11.2. The Labute approximate surface area is 126 Å². The molecule has 0 fully saturated rings. The van der Waals surface area contributed by atoms with Gasteiger partial charge in [-0.05, 0) is 42.8 Å². The minimum atomic E-state index is 0.409. The fourth-order valence-corrected chi connectivity index (χ4v) is 2.28. The molecule has 0 N–H and O–H groups in total. The monoisotopic (exact) mass is 295 g/mol. The third kappa shape index (κ3) is 2.51. The number of aryl methyl sites for hydroxylation is 1. The maximum absolute atomic E-state index is 8.89. The molecule has 0 unspecified atom stereocenters. The van der Waals surface area contributed by atoms with Gasteiger partial charge in [0.15, 0.2) is 0 Å². The Morgan fingerprint density at radius 3 is 2.67 bits per heavy atom. The van der Waals surface area contributed by atoms with Gasteiger partial charge in [-0.15, -0.1) is 0 Å². The van der Waals surface area contributed by atoms with Crippen molar-refractivity contribution in [2.24, 2.45) is 0 Å². The first-order chi connectivity index (χ1) is 10.2. The second kappa shape index (κ2) is 5.39. The van der Waals surface area contributed by atoms with Gasteiger partial charge >= 0.3 is 0 Å². The third-order valence-electron chi connectivity index (χ3n) is 3.13. The zero-order valence-corrected chi connectivity index (χ0v) is 11.9. The highest BCUT2D eigenvalue weighted by Crippen LogP contribution is 2.28. The van der Waals surface area contributed by atoms with Crippen molar-refractivity contribution in [1.82, 2.24) is 10.1 Å². The highest BCUT2D eigenvalue weighted by molar-refractivity contribution is 6.33. The molecule has 0 amide bonds. The maximum atomic E-state index is 8.89. The van der Waals surface area contributed by atoms with Crippen molar-refractivity contribution in [3.05, 3.63) is 58.6 Å². The molecule has 21 heavy (non-hydrogen) atoms. The van der Waals surface area contributed by atoms with Gasteiger partial charge in [-0.3, -0.25) is 0 Å². The van der Waals surface area contributed by atoms with E-state index in [9.17, 15) is 0 Å². The van der Waals surface area contributed by atoms with E-state index >= 15 is 0 Å². The van der Waals surface area contributed by atoms with Gasteiger partial charge in [-0.1, -0.05) is 28.9 Å². The Morgan fingerprint density at radius 1 is 1.14 bits per heavy atom. The van der Waals surface area contributed by atoms with Crippen LogP contribution in [-0.4, -0.2) is 10.1 Å². The summed E-state index contributed by atoms with van der Waals surface area (Å²) in [6.45, 7) is 1.90. The Hall–Kier alpha value is -2.64. The van der Waals surface area contributed by atoms with Crippen LogP contribution in [0.3, 0.4) is 0 Å². The SMILES string of the molecule is Cc1cc(C#N)ccc1-c1nc(-c2ccccc2Cl)no1. The summed E-state index contributed by atoms with van der Waals surface area (Å²) in [6, 6.07) is 14.7.